The van der Waals surface area contributed by atoms with Crippen molar-refractivity contribution in [1.82, 2.24) is 20.3 Å². The van der Waals surface area contributed by atoms with Crippen molar-refractivity contribution >= 4 is 5.91 Å². The molecule has 1 atom stereocenters. The van der Waals surface area contributed by atoms with Crippen LogP contribution in [0.2, 0.25) is 0 Å². The molecule has 1 aliphatic rings. The van der Waals surface area contributed by atoms with Crippen molar-refractivity contribution in [2.75, 3.05) is 0 Å². The molecule has 1 saturated carbocycles. The standard InChI is InChI=1S/C13H23N5O/c1-9-3-5-11(6-4-9)15-13(19)8-18-7-12(10(2)14)16-17-18/h7,9-11H,3-6,8,14H2,1-2H3,(H,15,19). The molecule has 0 bridgehead atoms. The Morgan fingerprint density at radius 2 is 2.21 bits per heavy atom. The molecule has 0 aliphatic heterocycles. The summed E-state index contributed by atoms with van der Waals surface area (Å²) in [6, 6.07) is 0.164. The Balaban J connectivity index is 1.80. The van der Waals surface area contributed by atoms with Gasteiger partial charge in [-0.2, -0.15) is 0 Å². The van der Waals surface area contributed by atoms with E-state index in [0.717, 1.165) is 18.8 Å². The summed E-state index contributed by atoms with van der Waals surface area (Å²) in [5, 5.41) is 10.9. The fourth-order valence-corrected chi connectivity index (χ4v) is 2.42. The van der Waals surface area contributed by atoms with E-state index in [2.05, 4.69) is 22.6 Å². The molecule has 19 heavy (non-hydrogen) atoms. The van der Waals surface area contributed by atoms with E-state index in [4.69, 9.17) is 5.73 Å². The van der Waals surface area contributed by atoms with Crippen LogP contribution in [0.5, 0.6) is 0 Å². The van der Waals surface area contributed by atoms with Gasteiger partial charge in [0.1, 0.15) is 6.54 Å². The molecular weight excluding hydrogens is 242 g/mol. The Hall–Kier alpha value is -1.43. The Morgan fingerprint density at radius 1 is 1.53 bits per heavy atom. The molecule has 1 heterocycles. The van der Waals surface area contributed by atoms with Crippen LogP contribution in [-0.2, 0) is 11.3 Å². The number of nitrogens with one attached hydrogen (secondary N) is 1. The number of hydrogen-bond donors (Lipinski definition) is 2. The second-order valence-electron chi connectivity index (χ2n) is 5.65. The Bertz CT molecular complexity index is 420. The van der Waals surface area contributed by atoms with E-state index in [-0.39, 0.29) is 18.5 Å². The van der Waals surface area contributed by atoms with E-state index in [1.54, 1.807) is 10.9 Å². The molecule has 6 heteroatoms. The maximum absolute atomic E-state index is 11.9. The van der Waals surface area contributed by atoms with Crippen molar-refractivity contribution in [3.8, 4) is 0 Å². The Morgan fingerprint density at radius 3 is 2.79 bits per heavy atom. The zero-order valence-electron chi connectivity index (χ0n) is 11.7. The molecule has 0 aromatic carbocycles. The molecule has 1 unspecified atom stereocenters. The number of amides is 1. The highest BCUT2D eigenvalue weighted by Gasteiger charge is 2.20. The van der Waals surface area contributed by atoms with Gasteiger partial charge in [-0.1, -0.05) is 12.1 Å². The minimum absolute atomic E-state index is 0.000627. The summed E-state index contributed by atoms with van der Waals surface area (Å²) in [5.74, 6) is 0.790. The molecule has 1 aromatic heterocycles. The van der Waals surface area contributed by atoms with Gasteiger partial charge >= 0.3 is 0 Å². The van der Waals surface area contributed by atoms with Crippen molar-refractivity contribution in [1.29, 1.82) is 0 Å². The molecule has 3 N–H and O–H groups in total. The van der Waals surface area contributed by atoms with Gasteiger partial charge in [0.25, 0.3) is 0 Å². The summed E-state index contributed by atoms with van der Waals surface area (Å²) in [6.07, 6.45) is 6.28. The van der Waals surface area contributed by atoms with E-state index in [9.17, 15) is 4.79 Å². The molecule has 1 fully saturated rings. The third kappa shape index (κ3) is 4.02. The number of rotatable bonds is 4. The summed E-state index contributed by atoms with van der Waals surface area (Å²) in [7, 11) is 0. The van der Waals surface area contributed by atoms with Gasteiger partial charge in [0, 0.05) is 12.1 Å². The van der Waals surface area contributed by atoms with Crippen molar-refractivity contribution < 1.29 is 4.79 Å². The molecular formula is C13H23N5O. The molecule has 0 spiro atoms. The monoisotopic (exact) mass is 265 g/mol. The van der Waals surface area contributed by atoms with E-state index in [0.29, 0.717) is 11.7 Å². The van der Waals surface area contributed by atoms with Crippen molar-refractivity contribution in [2.45, 2.75) is 58.2 Å². The summed E-state index contributed by atoms with van der Waals surface area (Å²) < 4.78 is 1.54. The smallest absolute Gasteiger partial charge is 0.242 e. The molecule has 1 aromatic rings. The molecule has 0 saturated heterocycles. The second-order valence-corrected chi connectivity index (χ2v) is 5.65. The summed E-state index contributed by atoms with van der Waals surface area (Å²) in [6.45, 7) is 4.33. The van der Waals surface area contributed by atoms with E-state index >= 15 is 0 Å². The van der Waals surface area contributed by atoms with E-state index in [1.165, 1.54) is 12.8 Å². The fourth-order valence-electron chi connectivity index (χ4n) is 2.42. The van der Waals surface area contributed by atoms with Crippen LogP contribution in [0.3, 0.4) is 0 Å². The predicted octanol–water partition coefficient (Wildman–Crippen LogP) is 0.993. The minimum atomic E-state index is -0.156. The maximum atomic E-state index is 11.9. The first kappa shape index (κ1) is 14.0. The first-order chi connectivity index (χ1) is 9.04. The van der Waals surface area contributed by atoms with Crippen LogP contribution < -0.4 is 11.1 Å². The normalized spacial score (nSPS) is 25.0. The van der Waals surface area contributed by atoms with Crippen LogP contribution in [0.4, 0.5) is 0 Å². The SMILES string of the molecule is CC1CCC(NC(=O)Cn2cc(C(C)N)nn2)CC1. The second kappa shape index (κ2) is 6.14. The van der Waals surface area contributed by atoms with Gasteiger partial charge in [0.05, 0.1) is 11.9 Å². The highest BCUT2D eigenvalue weighted by Crippen LogP contribution is 2.23. The quantitative estimate of drug-likeness (QED) is 0.850. The summed E-state index contributed by atoms with van der Waals surface area (Å²) in [5.41, 5.74) is 6.41. The Labute approximate surface area is 113 Å². The molecule has 0 radical (unpaired) electrons. The average molecular weight is 265 g/mol. The van der Waals surface area contributed by atoms with E-state index < -0.39 is 0 Å². The van der Waals surface area contributed by atoms with Gasteiger partial charge in [-0.15, -0.1) is 5.10 Å². The van der Waals surface area contributed by atoms with Gasteiger partial charge in [-0.05, 0) is 38.5 Å². The van der Waals surface area contributed by atoms with Crippen molar-refractivity contribution in [3.05, 3.63) is 11.9 Å². The topological polar surface area (TPSA) is 85.8 Å². The van der Waals surface area contributed by atoms with Gasteiger partial charge < -0.3 is 11.1 Å². The predicted molar refractivity (Wildman–Crippen MR) is 72.2 cm³/mol. The third-order valence-electron chi connectivity index (χ3n) is 3.71. The molecule has 2 rings (SSSR count). The first-order valence-corrected chi connectivity index (χ1v) is 6.99. The lowest BCUT2D eigenvalue weighted by atomic mass is 9.87. The van der Waals surface area contributed by atoms with Gasteiger partial charge in [0.2, 0.25) is 5.91 Å². The number of nitrogens with zero attached hydrogens (tertiary/aromatic N) is 3. The Kier molecular flexibility index (Phi) is 4.52. The highest BCUT2D eigenvalue weighted by atomic mass is 16.2. The lowest BCUT2D eigenvalue weighted by Crippen LogP contribution is -2.39. The van der Waals surface area contributed by atoms with Crippen LogP contribution in [-0.4, -0.2) is 26.9 Å². The van der Waals surface area contributed by atoms with Gasteiger partial charge in [-0.25, -0.2) is 4.68 Å². The van der Waals surface area contributed by atoms with Gasteiger partial charge in [0.15, 0.2) is 0 Å². The average Bonchev–Trinajstić information content (AvgIpc) is 2.80. The number of aromatic nitrogens is 3. The maximum Gasteiger partial charge on any atom is 0.242 e. The first-order valence-electron chi connectivity index (χ1n) is 6.99. The number of nitrogens with two attached hydrogens (primary N) is 1. The minimum Gasteiger partial charge on any atom is -0.352 e. The van der Waals surface area contributed by atoms with Crippen LogP contribution in [0.1, 0.15) is 51.3 Å². The van der Waals surface area contributed by atoms with Crippen LogP contribution >= 0.6 is 0 Å². The van der Waals surface area contributed by atoms with Crippen LogP contribution in [0, 0.1) is 5.92 Å². The summed E-state index contributed by atoms with van der Waals surface area (Å²) >= 11 is 0. The third-order valence-corrected chi connectivity index (χ3v) is 3.71. The lowest BCUT2D eigenvalue weighted by molar-refractivity contribution is -0.122. The number of carbonyl (C=O) groups is 1. The number of hydrogen-bond acceptors (Lipinski definition) is 4. The highest BCUT2D eigenvalue weighted by molar-refractivity contribution is 5.75. The van der Waals surface area contributed by atoms with E-state index in [1.807, 2.05) is 6.92 Å². The summed E-state index contributed by atoms with van der Waals surface area (Å²) in [4.78, 5) is 11.9. The number of carbonyl (C=O) groups excluding carboxylic acids is 1. The molecule has 1 amide bonds. The fraction of sp³-hybridized carbons (Fsp3) is 0.769. The van der Waals surface area contributed by atoms with Crippen LogP contribution in [0.15, 0.2) is 6.20 Å². The van der Waals surface area contributed by atoms with Crippen molar-refractivity contribution in [2.24, 2.45) is 11.7 Å². The molecule has 1 aliphatic carbocycles. The molecule has 106 valence electrons. The van der Waals surface area contributed by atoms with Crippen LogP contribution in [0.25, 0.3) is 0 Å². The zero-order valence-corrected chi connectivity index (χ0v) is 11.7. The zero-order chi connectivity index (χ0) is 13.8. The lowest BCUT2D eigenvalue weighted by Gasteiger charge is -2.26. The van der Waals surface area contributed by atoms with Gasteiger partial charge in [-0.3, -0.25) is 4.79 Å². The van der Waals surface area contributed by atoms with Crippen molar-refractivity contribution in [3.63, 3.8) is 0 Å². The molecule has 6 nitrogen and oxygen atoms in total. The largest absolute Gasteiger partial charge is 0.352 e.